The smallest absolute Gasteiger partial charge is 0 e. The molecule has 0 aliphatic heterocycles. The number of rotatable bonds is 4. The molecule has 0 aliphatic carbocycles. The van der Waals surface area contributed by atoms with E-state index in [9.17, 15) is 0 Å². The molecule has 0 amide bonds. The zero-order chi connectivity index (χ0) is 5.54. The SMILES string of the molecule is CCCSCCC.[Na]. The fourth-order valence-corrected chi connectivity index (χ4v) is 1.17. The minimum Gasteiger partial charge on any atom is -0.162 e. The van der Waals surface area contributed by atoms with E-state index in [1.54, 1.807) is 0 Å². The van der Waals surface area contributed by atoms with Crippen molar-refractivity contribution in [3.63, 3.8) is 0 Å². The third-order valence-corrected chi connectivity index (χ3v) is 2.09. The predicted octanol–water partition coefficient (Wildman–Crippen LogP) is 2.16. The van der Waals surface area contributed by atoms with Crippen molar-refractivity contribution in [3.05, 3.63) is 0 Å². The van der Waals surface area contributed by atoms with Crippen LogP contribution in [0.4, 0.5) is 0 Å². The van der Waals surface area contributed by atoms with E-state index in [0.717, 1.165) is 0 Å². The Morgan fingerprint density at radius 1 is 1.00 bits per heavy atom. The summed E-state index contributed by atoms with van der Waals surface area (Å²) in [7, 11) is 0. The van der Waals surface area contributed by atoms with E-state index in [1.165, 1.54) is 24.3 Å². The molecule has 0 aromatic rings. The minimum absolute atomic E-state index is 0. The van der Waals surface area contributed by atoms with Crippen molar-refractivity contribution in [2.75, 3.05) is 11.5 Å². The molecule has 0 N–H and O–H groups in total. The molecule has 0 spiro atoms. The van der Waals surface area contributed by atoms with Crippen LogP contribution in [0.5, 0.6) is 0 Å². The number of hydrogen-bond donors (Lipinski definition) is 0. The van der Waals surface area contributed by atoms with Gasteiger partial charge >= 0.3 is 0 Å². The van der Waals surface area contributed by atoms with Crippen LogP contribution in [0.15, 0.2) is 0 Å². The topological polar surface area (TPSA) is 0 Å². The van der Waals surface area contributed by atoms with Crippen LogP contribution in [-0.4, -0.2) is 41.1 Å². The Bertz CT molecular complexity index is 27.7. The van der Waals surface area contributed by atoms with E-state index < -0.39 is 0 Å². The van der Waals surface area contributed by atoms with Crippen molar-refractivity contribution in [2.45, 2.75) is 26.7 Å². The predicted molar refractivity (Wildman–Crippen MR) is 43.7 cm³/mol. The quantitative estimate of drug-likeness (QED) is 0.427. The summed E-state index contributed by atoms with van der Waals surface area (Å²) in [5.74, 6) is 2.68. The third kappa shape index (κ3) is 10.4. The van der Waals surface area contributed by atoms with E-state index in [4.69, 9.17) is 0 Å². The van der Waals surface area contributed by atoms with Crippen molar-refractivity contribution < 1.29 is 0 Å². The maximum atomic E-state index is 2.22. The fraction of sp³-hybridized carbons (Fsp3) is 1.00. The van der Waals surface area contributed by atoms with Crippen molar-refractivity contribution in [1.29, 1.82) is 0 Å². The van der Waals surface area contributed by atoms with Gasteiger partial charge in [-0.1, -0.05) is 13.8 Å². The summed E-state index contributed by atoms with van der Waals surface area (Å²) in [6.45, 7) is 4.45. The largest absolute Gasteiger partial charge is 0.162 e. The summed E-state index contributed by atoms with van der Waals surface area (Å²) in [4.78, 5) is 0. The average molecular weight is 141 g/mol. The molecule has 0 bridgehead atoms. The first-order chi connectivity index (χ1) is 3.41. The van der Waals surface area contributed by atoms with Crippen LogP contribution >= 0.6 is 11.8 Å². The molecular weight excluding hydrogens is 127 g/mol. The molecule has 0 aliphatic rings. The van der Waals surface area contributed by atoms with Crippen LogP contribution in [0, 0.1) is 0 Å². The van der Waals surface area contributed by atoms with Crippen molar-refractivity contribution in [3.8, 4) is 0 Å². The zero-order valence-electron chi connectivity index (χ0n) is 6.24. The van der Waals surface area contributed by atoms with E-state index in [-0.39, 0.29) is 29.6 Å². The second-order valence-corrected chi connectivity index (χ2v) is 2.84. The van der Waals surface area contributed by atoms with Gasteiger partial charge in [0.15, 0.2) is 0 Å². The Morgan fingerprint density at radius 2 is 1.38 bits per heavy atom. The molecule has 0 rings (SSSR count). The van der Waals surface area contributed by atoms with Gasteiger partial charge in [-0.15, -0.1) is 0 Å². The standard InChI is InChI=1S/C6H14S.Na/c1-3-5-7-6-4-2;/h3-6H2,1-2H3;. The molecule has 0 saturated carbocycles. The molecule has 2 heteroatoms. The number of thioether (sulfide) groups is 1. The molecule has 0 saturated heterocycles. The van der Waals surface area contributed by atoms with Gasteiger partial charge in [-0.25, -0.2) is 0 Å². The summed E-state index contributed by atoms with van der Waals surface area (Å²) in [5.41, 5.74) is 0. The molecule has 8 heavy (non-hydrogen) atoms. The summed E-state index contributed by atoms with van der Waals surface area (Å²) in [5, 5.41) is 0. The number of hydrogen-bond acceptors (Lipinski definition) is 1. The van der Waals surface area contributed by atoms with Gasteiger partial charge < -0.3 is 0 Å². The molecule has 0 nitrogen and oxygen atoms in total. The van der Waals surface area contributed by atoms with Crippen LogP contribution in [0.25, 0.3) is 0 Å². The fourth-order valence-electron chi connectivity index (χ4n) is 0.391. The first-order valence-electron chi connectivity index (χ1n) is 2.99. The maximum absolute atomic E-state index is 2.22. The normalized spacial score (nSPS) is 8.25. The van der Waals surface area contributed by atoms with Crippen molar-refractivity contribution in [1.82, 2.24) is 0 Å². The van der Waals surface area contributed by atoms with Crippen LogP contribution in [0.1, 0.15) is 26.7 Å². The third-order valence-electron chi connectivity index (χ3n) is 0.697. The summed E-state index contributed by atoms with van der Waals surface area (Å²) in [6.07, 6.45) is 2.65. The maximum Gasteiger partial charge on any atom is 0 e. The molecule has 0 unspecified atom stereocenters. The molecule has 45 valence electrons. The van der Waals surface area contributed by atoms with Gasteiger partial charge in [-0.2, -0.15) is 11.8 Å². The molecule has 0 aromatic heterocycles. The van der Waals surface area contributed by atoms with Crippen LogP contribution in [0.2, 0.25) is 0 Å². The van der Waals surface area contributed by atoms with Crippen LogP contribution < -0.4 is 0 Å². The average Bonchev–Trinajstić information content (AvgIpc) is 1.69. The van der Waals surface area contributed by atoms with Crippen LogP contribution in [-0.2, 0) is 0 Å². The molecule has 0 atom stereocenters. The Balaban J connectivity index is 0. The Labute approximate surface area is 79.1 Å². The second kappa shape index (κ2) is 11.2. The monoisotopic (exact) mass is 141 g/mol. The Hall–Kier alpha value is 1.35. The summed E-state index contributed by atoms with van der Waals surface area (Å²) < 4.78 is 0. The van der Waals surface area contributed by atoms with E-state index in [0.29, 0.717) is 0 Å². The van der Waals surface area contributed by atoms with Gasteiger partial charge in [0, 0.05) is 29.6 Å². The molecule has 1 radical (unpaired) electrons. The molecule has 0 heterocycles. The van der Waals surface area contributed by atoms with E-state index in [2.05, 4.69) is 25.6 Å². The first-order valence-corrected chi connectivity index (χ1v) is 4.15. The minimum atomic E-state index is 0. The van der Waals surface area contributed by atoms with E-state index >= 15 is 0 Å². The Morgan fingerprint density at radius 3 is 1.62 bits per heavy atom. The van der Waals surface area contributed by atoms with Crippen LogP contribution in [0.3, 0.4) is 0 Å². The first kappa shape index (κ1) is 12.1. The molecule has 0 fully saturated rings. The molecule has 0 aromatic carbocycles. The summed E-state index contributed by atoms with van der Waals surface area (Å²) in [6, 6.07) is 0. The van der Waals surface area contributed by atoms with Gasteiger partial charge in [0.2, 0.25) is 0 Å². The van der Waals surface area contributed by atoms with E-state index in [1.807, 2.05) is 0 Å². The van der Waals surface area contributed by atoms with Gasteiger partial charge in [-0.3, -0.25) is 0 Å². The van der Waals surface area contributed by atoms with Gasteiger partial charge in [0.25, 0.3) is 0 Å². The molecular formula is C6H14NaS. The van der Waals surface area contributed by atoms with Crippen molar-refractivity contribution in [2.24, 2.45) is 0 Å². The Kier molecular flexibility index (Phi) is 16.9. The summed E-state index contributed by atoms with van der Waals surface area (Å²) >= 11 is 2.05. The van der Waals surface area contributed by atoms with Crippen molar-refractivity contribution >= 4 is 41.3 Å². The van der Waals surface area contributed by atoms with Gasteiger partial charge in [0.1, 0.15) is 0 Å². The second-order valence-electron chi connectivity index (χ2n) is 1.61. The van der Waals surface area contributed by atoms with Gasteiger partial charge in [-0.05, 0) is 24.3 Å². The zero-order valence-corrected chi connectivity index (χ0v) is 9.05. The van der Waals surface area contributed by atoms with Gasteiger partial charge in [0.05, 0.1) is 0 Å².